The first kappa shape index (κ1) is 23.5. The van der Waals surface area contributed by atoms with Crippen LogP contribution in [0.2, 0.25) is 0 Å². The first-order chi connectivity index (χ1) is 16.3. The van der Waals surface area contributed by atoms with Gasteiger partial charge in [0, 0.05) is 24.7 Å². The number of rotatable bonds is 9. The zero-order chi connectivity index (χ0) is 24.2. The molecule has 3 aromatic rings. The molecule has 0 spiro atoms. The minimum absolute atomic E-state index is 0.0163. The average molecular weight is 470 g/mol. The fourth-order valence-electron chi connectivity index (χ4n) is 3.47. The predicted molar refractivity (Wildman–Crippen MR) is 122 cm³/mol. The van der Waals surface area contributed by atoms with Crippen molar-refractivity contribution in [1.29, 1.82) is 0 Å². The minimum Gasteiger partial charge on any atom is -0.382 e. The number of aromatic nitrogens is 4. The average Bonchev–Trinajstić information content (AvgIpc) is 2.76. The van der Waals surface area contributed by atoms with E-state index in [1.807, 2.05) is 18.0 Å². The second kappa shape index (κ2) is 10.1. The van der Waals surface area contributed by atoms with Gasteiger partial charge in [0.25, 0.3) is 5.91 Å². The lowest BCUT2D eigenvalue weighted by Gasteiger charge is -2.29. The van der Waals surface area contributed by atoms with Crippen LogP contribution in [0.3, 0.4) is 0 Å². The summed E-state index contributed by atoms with van der Waals surface area (Å²) in [7, 11) is 1.84. The highest BCUT2D eigenvalue weighted by Gasteiger charge is 2.25. The maximum absolute atomic E-state index is 12.8. The van der Waals surface area contributed by atoms with Crippen molar-refractivity contribution in [2.75, 3.05) is 30.2 Å². The van der Waals surface area contributed by atoms with Crippen LogP contribution in [0.1, 0.15) is 28.9 Å². The second-order valence-electron chi connectivity index (χ2n) is 7.86. The van der Waals surface area contributed by atoms with E-state index in [-0.39, 0.29) is 31.3 Å². The van der Waals surface area contributed by atoms with Crippen molar-refractivity contribution in [2.45, 2.75) is 38.0 Å². The summed E-state index contributed by atoms with van der Waals surface area (Å²) in [5.41, 5.74) is 13.9. The maximum Gasteiger partial charge on any atom is 0.251 e. The number of hydrogen-bond acceptors (Lipinski definition) is 12. The topological polar surface area (TPSA) is 195 Å². The van der Waals surface area contributed by atoms with Gasteiger partial charge in [-0.05, 0) is 24.6 Å². The largest absolute Gasteiger partial charge is 0.382 e. The SMILES string of the molecule is CN(Cc1cnc2c(N)nc(N)nc2n1)c1cccc(C(=O)N[C@@H](CCC2OCO2)C(O)O)c1. The Morgan fingerprint density at radius 3 is 2.76 bits per heavy atom. The molecule has 34 heavy (non-hydrogen) atoms. The van der Waals surface area contributed by atoms with Gasteiger partial charge in [-0.2, -0.15) is 9.97 Å². The molecule has 0 bridgehead atoms. The number of amides is 1. The van der Waals surface area contributed by atoms with Crippen LogP contribution in [0.15, 0.2) is 30.5 Å². The molecule has 7 N–H and O–H groups in total. The van der Waals surface area contributed by atoms with Crippen molar-refractivity contribution in [3.8, 4) is 0 Å². The third kappa shape index (κ3) is 5.46. The number of aliphatic hydroxyl groups excluding tert-OH is 1. The van der Waals surface area contributed by atoms with Crippen LogP contribution in [-0.2, 0) is 16.0 Å². The summed E-state index contributed by atoms with van der Waals surface area (Å²) in [5, 5.41) is 21.9. The number of ether oxygens (including phenoxy) is 2. The van der Waals surface area contributed by atoms with Gasteiger partial charge < -0.3 is 41.4 Å². The Morgan fingerprint density at radius 2 is 2.06 bits per heavy atom. The first-order valence-corrected chi connectivity index (χ1v) is 10.6. The predicted octanol–water partition coefficient (Wildman–Crippen LogP) is -0.260. The Balaban J connectivity index is 1.43. The number of aliphatic hydroxyl groups is 2. The van der Waals surface area contributed by atoms with Gasteiger partial charge in [-0.15, -0.1) is 0 Å². The van der Waals surface area contributed by atoms with Crippen LogP contribution in [0, 0.1) is 0 Å². The van der Waals surface area contributed by atoms with Gasteiger partial charge in [0.2, 0.25) is 5.95 Å². The molecule has 1 aromatic carbocycles. The molecule has 0 unspecified atom stereocenters. The smallest absolute Gasteiger partial charge is 0.251 e. The number of nitrogens with two attached hydrogens (primary N) is 2. The zero-order valence-corrected chi connectivity index (χ0v) is 18.5. The minimum atomic E-state index is -1.71. The Kier molecular flexibility index (Phi) is 6.98. The standard InChI is InChI=1S/C21H26N8O5/c1-29(9-12-8-24-16-17(22)27-21(23)28-18(16)25-12)13-4-2-3-11(7-13)19(30)26-14(20(31)32)5-6-15-33-10-34-15/h2-4,7-8,14-15,20,31-32H,5-6,9-10H2,1H3,(H,26,30)(H4,22,23,25,27,28)/t14-/m0/s1. The lowest BCUT2D eigenvalue weighted by molar-refractivity contribution is -0.322. The van der Waals surface area contributed by atoms with E-state index in [0.29, 0.717) is 35.4 Å². The highest BCUT2D eigenvalue weighted by atomic mass is 16.8. The van der Waals surface area contributed by atoms with Crippen LogP contribution in [-0.4, -0.2) is 68.5 Å². The Morgan fingerprint density at radius 1 is 1.26 bits per heavy atom. The van der Waals surface area contributed by atoms with Crippen molar-refractivity contribution in [3.05, 3.63) is 41.7 Å². The van der Waals surface area contributed by atoms with Crippen LogP contribution >= 0.6 is 0 Å². The monoisotopic (exact) mass is 470 g/mol. The molecule has 1 amide bonds. The molecule has 2 aromatic heterocycles. The van der Waals surface area contributed by atoms with E-state index in [2.05, 4.69) is 25.3 Å². The number of carbonyl (C=O) groups is 1. The van der Waals surface area contributed by atoms with E-state index in [9.17, 15) is 15.0 Å². The van der Waals surface area contributed by atoms with Crippen LogP contribution in [0.5, 0.6) is 0 Å². The van der Waals surface area contributed by atoms with Gasteiger partial charge in [-0.1, -0.05) is 6.07 Å². The number of carbonyl (C=O) groups excluding carboxylic acids is 1. The summed E-state index contributed by atoms with van der Waals surface area (Å²) < 4.78 is 10.3. The molecule has 0 aliphatic carbocycles. The fourth-order valence-corrected chi connectivity index (χ4v) is 3.47. The number of hydrogen-bond donors (Lipinski definition) is 5. The number of anilines is 3. The van der Waals surface area contributed by atoms with Gasteiger partial charge in [0.05, 0.1) is 24.5 Å². The maximum atomic E-state index is 12.8. The number of nitrogens with one attached hydrogen (secondary N) is 1. The molecule has 1 aliphatic rings. The van der Waals surface area contributed by atoms with E-state index in [1.54, 1.807) is 24.4 Å². The molecule has 4 rings (SSSR count). The molecular weight excluding hydrogens is 444 g/mol. The summed E-state index contributed by atoms with van der Waals surface area (Å²) in [4.78, 5) is 31.3. The summed E-state index contributed by atoms with van der Waals surface area (Å²) in [6.07, 6.45) is 0.197. The molecule has 13 heteroatoms. The number of nitrogen functional groups attached to an aromatic ring is 2. The highest BCUT2D eigenvalue weighted by molar-refractivity contribution is 5.95. The summed E-state index contributed by atoms with van der Waals surface area (Å²) in [6.45, 7) is 0.599. The molecule has 0 radical (unpaired) electrons. The molecule has 180 valence electrons. The quantitative estimate of drug-likeness (QED) is 0.257. The molecule has 1 aliphatic heterocycles. The van der Waals surface area contributed by atoms with Gasteiger partial charge in [-0.25, -0.2) is 9.97 Å². The molecule has 0 saturated carbocycles. The molecular formula is C21H26N8O5. The third-order valence-corrected chi connectivity index (χ3v) is 5.35. The Hall–Kier alpha value is -3.65. The van der Waals surface area contributed by atoms with E-state index in [1.165, 1.54) is 0 Å². The van der Waals surface area contributed by atoms with E-state index in [0.717, 1.165) is 5.69 Å². The van der Waals surface area contributed by atoms with Crippen LogP contribution < -0.4 is 21.7 Å². The van der Waals surface area contributed by atoms with Crippen molar-refractivity contribution >= 4 is 34.5 Å². The van der Waals surface area contributed by atoms with E-state index in [4.69, 9.17) is 20.9 Å². The van der Waals surface area contributed by atoms with Gasteiger partial charge >= 0.3 is 0 Å². The zero-order valence-electron chi connectivity index (χ0n) is 18.5. The molecule has 13 nitrogen and oxygen atoms in total. The third-order valence-electron chi connectivity index (χ3n) is 5.35. The van der Waals surface area contributed by atoms with E-state index < -0.39 is 18.2 Å². The Bertz CT molecular complexity index is 1170. The van der Waals surface area contributed by atoms with Crippen molar-refractivity contribution in [2.24, 2.45) is 0 Å². The molecule has 3 heterocycles. The van der Waals surface area contributed by atoms with Crippen LogP contribution in [0.4, 0.5) is 17.5 Å². The lowest BCUT2D eigenvalue weighted by atomic mass is 10.1. The van der Waals surface area contributed by atoms with Gasteiger partial charge in [-0.3, -0.25) is 4.79 Å². The van der Waals surface area contributed by atoms with Gasteiger partial charge in [0.15, 0.2) is 30.8 Å². The second-order valence-corrected chi connectivity index (χ2v) is 7.86. The fraction of sp³-hybridized carbons (Fsp3) is 0.381. The highest BCUT2D eigenvalue weighted by Crippen LogP contribution is 2.20. The molecule has 1 atom stereocenters. The summed E-state index contributed by atoms with van der Waals surface area (Å²) >= 11 is 0. The van der Waals surface area contributed by atoms with Crippen molar-refractivity contribution < 1.29 is 24.5 Å². The molecule has 1 fully saturated rings. The molecule has 1 saturated heterocycles. The number of nitrogens with zero attached hydrogens (tertiary/aromatic N) is 5. The number of fused-ring (bicyclic) bond motifs is 1. The summed E-state index contributed by atoms with van der Waals surface area (Å²) in [6, 6.07) is 6.05. The lowest BCUT2D eigenvalue weighted by Crippen LogP contribution is -2.44. The normalized spacial score (nSPS) is 14.7. The summed E-state index contributed by atoms with van der Waals surface area (Å²) in [5.74, 6) is -0.257. The van der Waals surface area contributed by atoms with Crippen LogP contribution in [0.25, 0.3) is 11.2 Å². The number of benzene rings is 1. The van der Waals surface area contributed by atoms with Gasteiger partial charge in [0.1, 0.15) is 5.52 Å². The Labute approximate surface area is 194 Å². The van der Waals surface area contributed by atoms with Crippen molar-refractivity contribution in [3.63, 3.8) is 0 Å². The van der Waals surface area contributed by atoms with E-state index >= 15 is 0 Å². The first-order valence-electron chi connectivity index (χ1n) is 10.6. The van der Waals surface area contributed by atoms with Crippen molar-refractivity contribution in [1.82, 2.24) is 25.3 Å².